The minimum atomic E-state index is -4.63. The largest absolute Gasteiger partial charge is 0.417 e. The number of amides is 1. The van der Waals surface area contributed by atoms with Gasteiger partial charge in [-0.05, 0) is 25.1 Å². The zero-order chi connectivity index (χ0) is 16.0. The number of halogens is 4. The Kier molecular flexibility index (Phi) is 5.61. The molecule has 1 amide bonds. The van der Waals surface area contributed by atoms with E-state index in [0.717, 1.165) is 6.07 Å². The topological polar surface area (TPSA) is 64.9 Å². The molecule has 0 aromatic heterocycles. The van der Waals surface area contributed by atoms with Crippen LogP contribution in [0.2, 0.25) is 5.02 Å². The fourth-order valence-corrected chi connectivity index (χ4v) is 1.60. The fraction of sp³-hybridized carbons (Fsp3) is 0.231. The Morgan fingerprint density at radius 2 is 2.14 bits per heavy atom. The molecule has 0 fully saturated rings. The van der Waals surface area contributed by atoms with Gasteiger partial charge < -0.3 is 10.6 Å². The normalized spacial score (nSPS) is 11.7. The van der Waals surface area contributed by atoms with Crippen molar-refractivity contribution in [3.63, 3.8) is 0 Å². The summed E-state index contributed by atoms with van der Waals surface area (Å²) in [6.45, 7) is 2.26. The molecule has 0 atom stereocenters. The molecule has 0 saturated heterocycles. The third kappa shape index (κ3) is 4.68. The lowest BCUT2D eigenvalue weighted by atomic mass is 10.2. The molecule has 1 aromatic rings. The molecule has 0 aliphatic rings. The van der Waals surface area contributed by atoms with E-state index >= 15 is 0 Å². The minimum absolute atomic E-state index is 0.102. The summed E-state index contributed by atoms with van der Waals surface area (Å²) in [7, 11) is 0. The Hall–Kier alpha value is -2.20. The van der Waals surface area contributed by atoms with Crippen LogP contribution in [-0.4, -0.2) is 12.5 Å². The third-order valence-corrected chi connectivity index (χ3v) is 2.67. The zero-order valence-electron chi connectivity index (χ0n) is 10.9. The molecule has 112 valence electrons. The first-order valence-electron chi connectivity index (χ1n) is 5.81. The van der Waals surface area contributed by atoms with Crippen molar-refractivity contribution in [1.82, 2.24) is 5.32 Å². The molecule has 0 spiro atoms. The van der Waals surface area contributed by atoms with Gasteiger partial charge >= 0.3 is 6.18 Å². The van der Waals surface area contributed by atoms with Gasteiger partial charge in [-0.3, -0.25) is 4.79 Å². The van der Waals surface area contributed by atoms with Gasteiger partial charge in [-0.2, -0.15) is 18.4 Å². The minimum Gasteiger partial charge on any atom is -0.390 e. The highest BCUT2D eigenvalue weighted by atomic mass is 35.5. The van der Waals surface area contributed by atoms with Crippen LogP contribution in [0.3, 0.4) is 0 Å². The molecule has 4 nitrogen and oxygen atoms in total. The van der Waals surface area contributed by atoms with E-state index in [4.69, 9.17) is 16.9 Å². The van der Waals surface area contributed by atoms with Gasteiger partial charge in [-0.15, -0.1) is 0 Å². The highest BCUT2D eigenvalue weighted by molar-refractivity contribution is 6.31. The average molecular weight is 318 g/mol. The number of nitrogens with zero attached hydrogens (tertiary/aromatic N) is 1. The van der Waals surface area contributed by atoms with Crippen LogP contribution in [0.1, 0.15) is 12.5 Å². The maximum absolute atomic E-state index is 12.7. The highest BCUT2D eigenvalue weighted by Crippen LogP contribution is 2.36. The number of hydrogen-bond acceptors (Lipinski definition) is 3. The zero-order valence-corrected chi connectivity index (χ0v) is 11.6. The molecule has 1 aromatic carbocycles. The molecule has 0 unspecified atom stereocenters. The second-order valence-electron chi connectivity index (χ2n) is 3.87. The van der Waals surface area contributed by atoms with Crippen LogP contribution in [0.15, 0.2) is 30.0 Å². The van der Waals surface area contributed by atoms with Gasteiger partial charge in [0.15, 0.2) is 0 Å². The van der Waals surface area contributed by atoms with E-state index in [1.165, 1.54) is 12.3 Å². The number of alkyl halides is 3. The van der Waals surface area contributed by atoms with Crippen LogP contribution in [0.5, 0.6) is 0 Å². The van der Waals surface area contributed by atoms with Crippen LogP contribution in [0, 0.1) is 11.3 Å². The number of hydrogen-bond donors (Lipinski definition) is 2. The summed E-state index contributed by atoms with van der Waals surface area (Å²) >= 11 is 5.47. The Bertz CT molecular complexity index is 606. The summed E-state index contributed by atoms with van der Waals surface area (Å²) < 4.78 is 38.1. The molecule has 0 bridgehead atoms. The number of nitrogens with one attached hydrogen (secondary N) is 2. The first kappa shape index (κ1) is 16.9. The van der Waals surface area contributed by atoms with Crippen LogP contribution in [-0.2, 0) is 11.0 Å². The van der Waals surface area contributed by atoms with E-state index in [2.05, 4.69) is 10.6 Å². The molecule has 8 heteroatoms. The molecule has 0 heterocycles. The molecule has 2 N–H and O–H groups in total. The number of nitriles is 1. The Labute approximate surface area is 124 Å². The molecular formula is C13H11ClF3N3O. The lowest BCUT2D eigenvalue weighted by Crippen LogP contribution is -2.17. The van der Waals surface area contributed by atoms with E-state index in [1.54, 1.807) is 13.0 Å². The summed E-state index contributed by atoms with van der Waals surface area (Å²) in [4.78, 5) is 11.7. The molecule has 1 rings (SSSR count). The number of carbonyl (C=O) groups excluding carboxylic acids is 1. The van der Waals surface area contributed by atoms with Crippen molar-refractivity contribution in [2.75, 3.05) is 11.9 Å². The smallest absolute Gasteiger partial charge is 0.390 e. The molecule has 0 aliphatic carbocycles. The summed E-state index contributed by atoms with van der Waals surface area (Å²) in [6.07, 6.45) is -3.44. The summed E-state index contributed by atoms with van der Waals surface area (Å²) in [5, 5.41) is 13.2. The van der Waals surface area contributed by atoms with Crippen molar-refractivity contribution in [1.29, 1.82) is 5.26 Å². The van der Waals surface area contributed by atoms with Gasteiger partial charge in [0.2, 0.25) is 0 Å². The average Bonchev–Trinajstić information content (AvgIpc) is 2.40. The monoisotopic (exact) mass is 317 g/mol. The molecular weight excluding hydrogens is 307 g/mol. The lowest BCUT2D eigenvalue weighted by molar-refractivity contribution is -0.137. The second-order valence-corrected chi connectivity index (χ2v) is 4.28. The predicted molar refractivity (Wildman–Crippen MR) is 72.5 cm³/mol. The van der Waals surface area contributed by atoms with E-state index in [0.29, 0.717) is 12.6 Å². The lowest BCUT2D eigenvalue weighted by Gasteiger charge is -2.11. The first-order chi connectivity index (χ1) is 9.79. The Morgan fingerprint density at radius 1 is 1.48 bits per heavy atom. The van der Waals surface area contributed by atoms with E-state index < -0.39 is 22.7 Å². The van der Waals surface area contributed by atoms with Gasteiger partial charge in [-0.25, -0.2) is 0 Å². The van der Waals surface area contributed by atoms with Crippen molar-refractivity contribution < 1.29 is 18.0 Å². The van der Waals surface area contributed by atoms with E-state index in [1.807, 2.05) is 0 Å². The maximum Gasteiger partial charge on any atom is 0.417 e. The first-order valence-corrected chi connectivity index (χ1v) is 6.19. The Morgan fingerprint density at radius 3 is 2.67 bits per heavy atom. The van der Waals surface area contributed by atoms with Gasteiger partial charge in [-0.1, -0.05) is 11.6 Å². The molecule has 0 radical (unpaired) electrons. The standard InChI is InChI=1S/C13H11ClF3N3O/c1-2-19-7-8(6-18)12(21)20-9-3-4-11(14)10(5-9)13(15,16)17/h3-5,7,19H,2H2,1H3,(H,20,21)/b8-7-. The van der Waals surface area contributed by atoms with Gasteiger partial charge in [0.1, 0.15) is 11.6 Å². The SMILES string of the molecule is CCN/C=C(/C#N)C(=O)Nc1ccc(Cl)c(C(F)(F)F)c1. The van der Waals surface area contributed by atoms with Crippen molar-refractivity contribution in [2.24, 2.45) is 0 Å². The Balaban J connectivity index is 2.99. The van der Waals surface area contributed by atoms with Crippen molar-refractivity contribution in [3.8, 4) is 6.07 Å². The van der Waals surface area contributed by atoms with Crippen LogP contribution < -0.4 is 10.6 Å². The van der Waals surface area contributed by atoms with Crippen molar-refractivity contribution in [3.05, 3.63) is 40.6 Å². The summed E-state index contributed by atoms with van der Waals surface area (Å²) in [5.74, 6) is -0.811. The quantitative estimate of drug-likeness (QED) is 0.661. The van der Waals surface area contributed by atoms with Crippen molar-refractivity contribution >= 4 is 23.2 Å². The highest BCUT2D eigenvalue weighted by Gasteiger charge is 2.33. The van der Waals surface area contributed by atoms with Crippen LogP contribution in [0.25, 0.3) is 0 Å². The van der Waals surface area contributed by atoms with Crippen LogP contribution >= 0.6 is 11.6 Å². The molecule has 0 aliphatic heterocycles. The fourth-order valence-electron chi connectivity index (χ4n) is 1.37. The number of benzene rings is 1. The predicted octanol–water partition coefficient (Wildman–Crippen LogP) is 3.31. The van der Waals surface area contributed by atoms with E-state index in [9.17, 15) is 18.0 Å². The van der Waals surface area contributed by atoms with Gasteiger partial charge in [0.05, 0.1) is 10.6 Å². The number of anilines is 1. The summed E-state index contributed by atoms with van der Waals surface area (Å²) in [5.41, 5.74) is -1.41. The number of rotatable bonds is 4. The number of carbonyl (C=O) groups is 1. The maximum atomic E-state index is 12.7. The van der Waals surface area contributed by atoms with Gasteiger partial charge in [0, 0.05) is 18.4 Å². The molecule has 21 heavy (non-hydrogen) atoms. The summed E-state index contributed by atoms with van der Waals surface area (Å²) in [6, 6.07) is 4.61. The molecule has 0 saturated carbocycles. The van der Waals surface area contributed by atoms with E-state index in [-0.39, 0.29) is 11.3 Å². The third-order valence-electron chi connectivity index (χ3n) is 2.35. The van der Waals surface area contributed by atoms with Crippen LogP contribution in [0.4, 0.5) is 18.9 Å². The van der Waals surface area contributed by atoms with Crippen molar-refractivity contribution in [2.45, 2.75) is 13.1 Å². The second kappa shape index (κ2) is 6.99. The van der Waals surface area contributed by atoms with Gasteiger partial charge in [0.25, 0.3) is 5.91 Å².